The van der Waals surface area contributed by atoms with Crippen molar-refractivity contribution in [1.82, 2.24) is 4.57 Å². The van der Waals surface area contributed by atoms with Gasteiger partial charge in [0.05, 0.1) is 32.3 Å². The lowest BCUT2D eigenvalue weighted by atomic mass is 10.1. The van der Waals surface area contributed by atoms with Crippen LogP contribution in [0.4, 0.5) is 0 Å². The van der Waals surface area contributed by atoms with Crippen LogP contribution in [0, 0.1) is 0 Å². The first-order valence-electron chi connectivity index (χ1n) is 6.44. The number of carbonyl (C=O) groups is 1. The monoisotopic (exact) mass is 291 g/mol. The van der Waals surface area contributed by atoms with Crippen molar-refractivity contribution < 1.29 is 19.0 Å². The number of fused-ring (bicyclic) bond motifs is 1. The zero-order chi connectivity index (χ0) is 15.6. The maximum atomic E-state index is 12.4. The van der Waals surface area contributed by atoms with Crippen molar-refractivity contribution in [3.05, 3.63) is 34.2 Å². The molecule has 1 aromatic heterocycles. The summed E-state index contributed by atoms with van der Waals surface area (Å²) in [6.07, 6.45) is 1.50. The second-order valence-electron chi connectivity index (χ2n) is 4.38. The highest BCUT2D eigenvalue weighted by Gasteiger charge is 2.18. The van der Waals surface area contributed by atoms with Crippen molar-refractivity contribution in [2.24, 2.45) is 0 Å². The van der Waals surface area contributed by atoms with E-state index in [0.717, 1.165) is 0 Å². The molecule has 0 unspecified atom stereocenters. The van der Waals surface area contributed by atoms with E-state index in [1.165, 1.54) is 32.1 Å². The summed E-state index contributed by atoms with van der Waals surface area (Å²) < 4.78 is 16.7. The lowest BCUT2D eigenvalue weighted by Gasteiger charge is -2.13. The molecule has 2 aromatic rings. The van der Waals surface area contributed by atoms with E-state index in [1.807, 2.05) is 6.92 Å². The number of carbonyl (C=O) groups excluding carboxylic acids is 1. The van der Waals surface area contributed by atoms with Crippen molar-refractivity contribution in [3.63, 3.8) is 0 Å². The molecule has 0 saturated heterocycles. The Labute approximate surface area is 121 Å². The van der Waals surface area contributed by atoms with E-state index in [1.54, 1.807) is 12.1 Å². The van der Waals surface area contributed by atoms with Crippen molar-refractivity contribution in [3.8, 4) is 11.5 Å². The highest BCUT2D eigenvalue weighted by Crippen LogP contribution is 2.32. The smallest absolute Gasteiger partial charge is 0.339 e. The molecule has 21 heavy (non-hydrogen) atoms. The van der Waals surface area contributed by atoms with Gasteiger partial charge in [0.15, 0.2) is 11.5 Å². The summed E-state index contributed by atoms with van der Waals surface area (Å²) in [5, 5.41) is 0.867. The van der Waals surface area contributed by atoms with Crippen LogP contribution in [0.3, 0.4) is 0 Å². The fraction of sp³-hybridized carbons (Fsp3) is 0.333. The lowest BCUT2D eigenvalue weighted by molar-refractivity contribution is 0.0602. The Morgan fingerprint density at radius 1 is 1.10 bits per heavy atom. The zero-order valence-electron chi connectivity index (χ0n) is 12.4. The van der Waals surface area contributed by atoms with Crippen LogP contribution >= 0.6 is 0 Å². The van der Waals surface area contributed by atoms with Crippen LogP contribution in [0.2, 0.25) is 0 Å². The number of pyridine rings is 1. The highest BCUT2D eigenvalue weighted by molar-refractivity contribution is 6.04. The molecule has 6 heteroatoms. The van der Waals surface area contributed by atoms with Crippen LogP contribution in [0.1, 0.15) is 17.3 Å². The Hall–Kier alpha value is -2.50. The maximum Gasteiger partial charge on any atom is 0.339 e. The number of rotatable bonds is 4. The van der Waals surface area contributed by atoms with E-state index in [-0.39, 0.29) is 5.56 Å². The minimum atomic E-state index is -0.505. The van der Waals surface area contributed by atoms with Gasteiger partial charge >= 0.3 is 5.97 Å². The molecule has 0 spiro atoms. The van der Waals surface area contributed by atoms with Gasteiger partial charge in [-0.3, -0.25) is 4.79 Å². The number of ether oxygens (including phenoxy) is 3. The lowest BCUT2D eigenvalue weighted by Crippen LogP contribution is -2.21. The van der Waals surface area contributed by atoms with Gasteiger partial charge < -0.3 is 18.8 Å². The van der Waals surface area contributed by atoms with Crippen LogP contribution in [0.15, 0.2) is 23.1 Å². The van der Waals surface area contributed by atoms with Gasteiger partial charge in [0.1, 0.15) is 0 Å². The molecule has 0 N–H and O–H groups in total. The third kappa shape index (κ3) is 2.44. The summed E-state index contributed by atoms with van der Waals surface area (Å²) in [7, 11) is 4.29. The van der Waals surface area contributed by atoms with E-state index in [4.69, 9.17) is 14.2 Å². The quantitative estimate of drug-likeness (QED) is 0.804. The molecular formula is C15H17NO5. The average Bonchev–Trinajstić information content (AvgIpc) is 2.53. The first-order chi connectivity index (χ1) is 10.1. The number of hydrogen-bond acceptors (Lipinski definition) is 5. The van der Waals surface area contributed by atoms with E-state index in [9.17, 15) is 9.59 Å². The fourth-order valence-electron chi connectivity index (χ4n) is 2.22. The highest BCUT2D eigenvalue weighted by atomic mass is 16.5. The van der Waals surface area contributed by atoms with Crippen molar-refractivity contribution in [2.75, 3.05) is 21.3 Å². The van der Waals surface area contributed by atoms with Crippen molar-refractivity contribution >= 4 is 16.7 Å². The average molecular weight is 291 g/mol. The van der Waals surface area contributed by atoms with E-state index in [2.05, 4.69) is 0 Å². The third-order valence-corrected chi connectivity index (χ3v) is 3.34. The molecule has 112 valence electrons. The van der Waals surface area contributed by atoms with Crippen molar-refractivity contribution in [2.45, 2.75) is 13.5 Å². The molecule has 0 amide bonds. The summed E-state index contributed by atoms with van der Waals surface area (Å²) in [6, 6.07) is 3.19. The molecule has 0 bridgehead atoms. The van der Waals surface area contributed by atoms with Crippen LogP contribution in [0.25, 0.3) is 10.8 Å². The molecule has 1 aromatic carbocycles. The van der Waals surface area contributed by atoms with Gasteiger partial charge in [-0.25, -0.2) is 4.79 Å². The molecule has 0 saturated carbocycles. The molecule has 1 heterocycles. The number of benzene rings is 1. The molecule has 6 nitrogen and oxygen atoms in total. The molecule has 0 radical (unpaired) electrons. The van der Waals surface area contributed by atoms with Crippen LogP contribution in [-0.2, 0) is 11.3 Å². The van der Waals surface area contributed by atoms with Gasteiger partial charge in [-0.2, -0.15) is 0 Å². The van der Waals surface area contributed by atoms with Crippen LogP contribution in [-0.4, -0.2) is 31.9 Å². The van der Waals surface area contributed by atoms with Gasteiger partial charge in [0.25, 0.3) is 5.56 Å². The normalized spacial score (nSPS) is 10.5. The third-order valence-electron chi connectivity index (χ3n) is 3.34. The molecule has 0 fully saturated rings. The molecule has 2 rings (SSSR count). The zero-order valence-corrected chi connectivity index (χ0v) is 12.4. The first-order valence-corrected chi connectivity index (χ1v) is 6.44. The first kappa shape index (κ1) is 14.9. The maximum absolute atomic E-state index is 12.4. The minimum absolute atomic E-state index is 0.193. The Bertz CT molecular complexity index is 748. The van der Waals surface area contributed by atoms with E-state index >= 15 is 0 Å². The SMILES string of the molecule is CCn1cc(C(=O)OC)c2cc(OC)c(OC)cc2c1=O. The molecular weight excluding hydrogens is 274 g/mol. The van der Waals surface area contributed by atoms with E-state index in [0.29, 0.717) is 34.4 Å². The molecule has 0 aliphatic heterocycles. The Kier molecular flexibility index (Phi) is 4.16. The van der Waals surface area contributed by atoms with Crippen LogP contribution < -0.4 is 15.0 Å². The topological polar surface area (TPSA) is 66.8 Å². The standard InChI is InChI=1S/C15H17NO5/c1-5-16-8-11(15(18)21-4)9-6-12(19-2)13(20-3)7-10(9)14(16)17/h6-8H,5H2,1-4H3. The molecule has 0 atom stereocenters. The van der Waals surface area contributed by atoms with Gasteiger partial charge in [0.2, 0.25) is 0 Å². The predicted molar refractivity (Wildman–Crippen MR) is 78.3 cm³/mol. The summed E-state index contributed by atoms with van der Waals surface area (Å²) in [6.45, 7) is 2.28. The van der Waals surface area contributed by atoms with Gasteiger partial charge in [0, 0.05) is 18.1 Å². The molecule has 0 aliphatic carbocycles. The van der Waals surface area contributed by atoms with Gasteiger partial charge in [-0.15, -0.1) is 0 Å². The summed E-state index contributed by atoms with van der Waals surface area (Å²) in [5.74, 6) is 0.380. The van der Waals surface area contributed by atoms with Crippen molar-refractivity contribution in [1.29, 1.82) is 0 Å². The summed E-state index contributed by atoms with van der Waals surface area (Å²) >= 11 is 0. The Morgan fingerprint density at radius 2 is 1.67 bits per heavy atom. The number of aromatic nitrogens is 1. The van der Waals surface area contributed by atoms with Crippen LogP contribution in [0.5, 0.6) is 11.5 Å². The minimum Gasteiger partial charge on any atom is -0.493 e. The van der Waals surface area contributed by atoms with Gasteiger partial charge in [-0.05, 0) is 19.1 Å². The number of hydrogen-bond donors (Lipinski definition) is 0. The van der Waals surface area contributed by atoms with Gasteiger partial charge in [-0.1, -0.05) is 0 Å². The number of aryl methyl sites for hydroxylation is 1. The molecule has 0 aliphatic rings. The second-order valence-corrected chi connectivity index (χ2v) is 4.38. The summed E-state index contributed by atoms with van der Waals surface area (Å²) in [4.78, 5) is 24.4. The number of methoxy groups -OCH3 is 3. The second kappa shape index (κ2) is 5.87. The Balaban J connectivity index is 2.93. The Morgan fingerprint density at radius 3 is 2.14 bits per heavy atom. The summed E-state index contributed by atoms with van der Waals surface area (Å²) in [5.41, 5.74) is 0.121. The number of esters is 1. The largest absolute Gasteiger partial charge is 0.493 e. The fourth-order valence-corrected chi connectivity index (χ4v) is 2.22. The number of nitrogens with zero attached hydrogens (tertiary/aromatic N) is 1. The van der Waals surface area contributed by atoms with E-state index < -0.39 is 5.97 Å². The predicted octanol–water partition coefficient (Wildman–Crippen LogP) is 1.83.